The summed E-state index contributed by atoms with van der Waals surface area (Å²) in [6.45, 7) is 1.46. The third-order valence-corrected chi connectivity index (χ3v) is 5.24. The van der Waals surface area contributed by atoms with E-state index in [1.165, 1.54) is 13.0 Å². The molecule has 0 heterocycles. The van der Waals surface area contributed by atoms with Gasteiger partial charge in [-0.25, -0.2) is 12.8 Å². The molecule has 21 heavy (non-hydrogen) atoms. The van der Waals surface area contributed by atoms with Gasteiger partial charge in [-0.3, -0.25) is 4.72 Å². The molecule has 0 unspecified atom stereocenters. The van der Waals surface area contributed by atoms with E-state index < -0.39 is 15.8 Å². The first-order valence-corrected chi connectivity index (χ1v) is 8.81. The van der Waals surface area contributed by atoms with E-state index in [0.29, 0.717) is 10.2 Å². The molecular weight excluding hydrogens is 427 g/mol. The summed E-state index contributed by atoms with van der Waals surface area (Å²) in [7, 11) is -3.85. The highest BCUT2D eigenvalue weighted by molar-refractivity contribution is 9.11. The quantitative estimate of drug-likeness (QED) is 0.711. The van der Waals surface area contributed by atoms with Crippen LogP contribution in [0.5, 0.6) is 0 Å². The van der Waals surface area contributed by atoms with Gasteiger partial charge in [0.25, 0.3) is 10.0 Å². The largest absolute Gasteiger partial charge is 0.396 e. The normalized spacial score (nSPS) is 11.4. The van der Waals surface area contributed by atoms with Crippen LogP contribution >= 0.6 is 31.9 Å². The third kappa shape index (κ3) is 3.56. The fourth-order valence-corrected chi connectivity index (χ4v) is 4.17. The van der Waals surface area contributed by atoms with E-state index in [2.05, 4.69) is 36.6 Å². The number of nitrogen functional groups attached to an aromatic ring is 1. The molecule has 0 bridgehead atoms. The summed E-state index contributed by atoms with van der Waals surface area (Å²) in [5, 5.41) is 0. The van der Waals surface area contributed by atoms with Crippen molar-refractivity contribution in [3.05, 3.63) is 50.7 Å². The molecule has 0 aliphatic heterocycles. The summed E-state index contributed by atoms with van der Waals surface area (Å²) >= 11 is 6.55. The average molecular weight is 438 g/mol. The van der Waals surface area contributed by atoms with Crippen LogP contribution in [-0.2, 0) is 10.0 Å². The zero-order valence-corrected chi connectivity index (χ0v) is 14.8. The predicted octanol–water partition coefficient (Wildman–Crippen LogP) is 4.04. The molecule has 0 saturated carbocycles. The number of nitrogens with two attached hydrogens (primary N) is 1. The first-order valence-electron chi connectivity index (χ1n) is 5.74. The minimum atomic E-state index is -3.85. The first-order chi connectivity index (χ1) is 9.70. The summed E-state index contributed by atoms with van der Waals surface area (Å²) < 4.78 is 42.0. The Labute approximate surface area is 138 Å². The summed E-state index contributed by atoms with van der Waals surface area (Å²) in [6, 6.07) is 7.35. The molecule has 0 aliphatic carbocycles. The van der Waals surface area contributed by atoms with Gasteiger partial charge in [-0.2, -0.15) is 0 Å². The van der Waals surface area contributed by atoms with Crippen LogP contribution in [0.3, 0.4) is 0 Å². The third-order valence-electron chi connectivity index (χ3n) is 2.74. The van der Waals surface area contributed by atoms with E-state index in [0.717, 1.165) is 10.5 Å². The van der Waals surface area contributed by atoms with Crippen molar-refractivity contribution in [2.24, 2.45) is 0 Å². The van der Waals surface area contributed by atoms with Crippen LogP contribution in [0.2, 0.25) is 0 Å². The Balaban J connectivity index is 2.43. The number of rotatable bonds is 3. The molecule has 0 aromatic heterocycles. The Bertz CT molecular complexity index is 787. The minimum absolute atomic E-state index is 0.0891. The molecule has 0 aliphatic rings. The maximum atomic E-state index is 13.5. The lowest BCUT2D eigenvalue weighted by Gasteiger charge is -2.12. The topological polar surface area (TPSA) is 72.2 Å². The van der Waals surface area contributed by atoms with Gasteiger partial charge in [0.2, 0.25) is 0 Å². The summed E-state index contributed by atoms with van der Waals surface area (Å²) in [5.74, 6) is -0.612. The van der Waals surface area contributed by atoms with E-state index in [9.17, 15) is 12.8 Å². The maximum absolute atomic E-state index is 13.5. The molecule has 112 valence electrons. The van der Waals surface area contributed by atoms with E-state index in [1.54, 1.807) is 18.2 Å². The van der Waals surface area contributed by atoms with Crippen LogP contribution in [-0.4, -0.2) is 8.42 Å². The molecule has 0 saturated heterocycles. The summed E-state index contributed by atoms with van der Waals surface area (Å²) in [4.78, 5) is -0.0891. The summed E-state index contributed by atoms with van der Waals surface area (Å²) in [6.07, 6.45) is 0. The van der Waals surface area contributed by atoms with Gasteiger partial charge in [0.1, 0.15) is 5.82 Å². The highest BCUT2D eigenvalue weighted by Crippen LogP contribution is 2.29. The smallest absolute Gasteiger partial charge is 0.262 e. The van der Waals surface area contributed by atoms with Gasteiger partial charge in [0, 0.05) is 8.95 Å². The Morgan fingerprint density at radius 1 is 1.19 bits per heavy atom. The van der Waals surface area contributed by atoms with Crippen molar-refractivity contribution in [2.45, 2.75) is 11.8 Å². The van der Waals surface area contributed by atoms with E-state index >= 15 is 0 Å². The second-order valence-corrected chi connectivity index (χ2v) is 7.83. The maximum Gasteiger partial charge on any atom is 0.262 e. The number of anilines is 2. The predicted molar refractivity (Wildman–Crippen MR) is 88.2 cm³/mol. The zero-order valence-electron chi connectivity index (χ0n) is 10.8. The van der Waals surface area contributed by atoms with Crippen molar-refractivity contribution < 1.29 is 12.8 Å². The van der Waals surface area contributed by atoms with Gasteiger partial charge in [0.15, 0.2) is 0 Å². The zero-order chi connectivity index (χ0) is 15.8. The Kier molecular flexibility index (Phi) is 4.60. The number of aryl methyl sites for hydroxylation is 1. The fourth-order valence-electron chi connectivity index (χ4n) is 1.69. The second-order valence-electron chi connectivity index (χ2n) is 4.37. The van der Waals surface area contributed by atoms with Crippen LogP contribution in [0.4, 0.5) is 15.8 Å². The number of sulfonamides is 1. The lowest BCUT2D eigenvalue weighted by Crippen LogP contribution is -2.14. The number of nitrogens with one attached hydrogen (secondary N) is 1. The Hall–Kier alpha value is -1.12. The van der Waals surface area contributed by atoms with Crippen molar-refractivity contribution in [3.63, 3.8) is 0 Å². The Morgan fingerprint density at radius 2 is 1.86 bits per heavy atom. The van der Waals surface area contributed by atoms with Crippen LogP contribution in [0.1, 0.15) is 5.56 Å². The lowest BCUT2D eigenvalue weighted by molar-refractivity contribution is 0.599. The molecule has 0 fully saturated rings. The van der Waals surface area contributed by atoms with Crippen molar-refractivity contribution in [3.8, 4) is 0 Å². The van der Waals surface area contributed by atoms with Crippen molar-refractivity contribution in [1.29, 1.82) is 0 Å². The number of benzene rings is 2. The minimum Gasteiger partial charge on any atom is -0.396 e. The number of hydrogen-bond acceptors (Lipinski definition) is 3. The van der Waals surface area contributed by atoms with E-state index in [1.807, 2.05) is 0 Å². The van der Waals surface area contributed by atoms with Crippen LogP contribution < -0.4 is 10.5 Å². The van der Waals surface area contributed by atoms with Crippen molar-refractivity contribution in [2.75, 3.05) is 10.5 Å². The first kappa shape index (κ1) is 16.3. The van der Waals surface area contributed by atoms with Gasteiger partial charge < -0.3 is 5.73 Å². The van der Waals surface area contributed by atoms with Crippen LogP contribution in [0, 0.1) is 12.7 Å². The molecule has 2 aromatic carbocycles. The molecule has 4 nitrogen and oxygen atoms in total. The summed E-state index contributed by atoms with van der Waals surface area (Å²) in [5.41, 5.74) is 5.82. The molecule has 2 aromatic rings. The lowest BCUT2D eigenvalue weighted by atomic mass is 10.2. The molecular formula is C13H11Br2FN2O2S. The fraction of sp³-hybridized carbons (Fsp3) is 0.0769. The Morgan fingerprint density at radius 3 is 2.43 bits per heavy atom. The monoisotopic (exact) mass is 436 g/mol. The highest BCUT2D eigenvalue weighted by Gasteiger charge is 2.18. The van der Waals surface area contributed by atoms with Gasteiger partial charge in [-0.05, 0) is 58.7 Å². The molecule has 0 atom stereocenters. The average Bonchev–Trinajstić information content (AvgIpc) is 2.38. The highest BCUT2D eigenvalue weighted by atomic mass is 79.9. The standard InChI is InChI=1S/C13H11Br2FN2O2S/c1-7-4-9(6-11(17)13(7)16)21(19,20)18-12-3-2-8(14)5-10(12)15/h2-6,18H,17H2,1H3. The number of hydrogen-bond donors (Lipinski definition) is 2. The molecule has 0 spiro atoms. The van der Waals surface area contributed by atoms with E-state index in [4.69, 9.17) is 5.73 Å². The van der Waals surface area contributed by atoms with Crippen molar-refractivity contribution >= 4 is 53.3 Å². The van der Waals surface area contributed by atoms with Crippen molar-refractivity contribution in [1.82, 2.24) is 0 Å². The number of halogens is 3. The van der Waals surface area contributed by atoms with Crippen LogP contribution in [0.15, 0.2) is 44.2 Å². The molecule has 0 amide bonds. The van der Waals surface area contributed by atoms with E-state index in [-0.39, 0.29) is 16.1 Å². The SMILES string of the molecule is Cc1cc(S(=O)(=O)Nc2ccc(Br)cc2Br)cc(N)c1F. The molecule has 3 N–H and O–H groups in total. The molecule has 0 radical (unpaired) electrons. The molecule has 2 rings (SSSR count). The van der Waals surface area contributed by atoms with Crippen LogP contribution in [0.25, 0.3) is 0 Å². The van der Waals surface area contributed by atoms with Gasteiger partial charge in [-0.1, -0.05) is 15.9 Å². The van der Waals surface area contributed by atoms with Gasteiger partial charge in [-0.15, -0.1) is 0 Å². The van der Waals surface area contributed by atoms with Gasteiger partial charge in [0.05, 0.1) is 16.3 Å². The molecule has 8 heteroatoms. The van der Waals surface area contributed by atoms with Gasteiger partial charge >= 0.3 is 0 Å². The second kappa shape index (κ2) is 5.94.